The van der Waals surface area contributed by atoms with E-state index in [1.165, 1.54) is 38.9 Å². The molecule has 32 heavy (non-hydrogen) atoms. The zero-order valence-electron chi connectivity index (χ0n) is 17.5. The first-order chi connectivity index (χ1) is 15.5. The molecule has 4 rings (SSSR count). The van der Waals surface area contributed by atoms with Crippen molar-refractivity contribution in [2.75, 3.05) is 14.2 Å². The first-order valence-electron chi connectivity index (χ1n) is 9.80. The van der Waals surface area contributed by atoms with Gasteiger partial charge >= 0.3 is 0 Å². The number of phenols is 1. The molecule has 0 fully saturated rings. The van der Waals surface area contributed by atoms with Crippen molar-refractivity contribution in [1.82, 2.24) is 10.3 Å². The Morgan fingerprint density at radius 2 is 1.97 bits per heavy atom. The number of nitrogens with one attached hydrogen (secondary N) is 1. The predicted molar refractivity (Wildman–Crippen MR) is 116 cm³/mol. The molecule has 1 aliphatic rings. The van der Waals surface area contributed by atoms with Gasteiger partial charge in [0.25, 0.3) is 0 Å². The van der Waals surface area contributed by atoms with Crippen LogP contribution in [0.15, 0.2) is 52.9 Å². The van der Waals surface area contributed by atoms with Crippen molar-refractivity contribution < 1.29 is 28.2 Å². The van der Waals surface area contributed by atoms with Crippen LogP contribution in [0.3, 0.4) is 0 Å². The fourth-order valence-electron chi connectivity index (χ4n) is 3.57. The second-order valence-corrected chi connectivity index (χ2v) is 7.15. The fraction of sp³-hybridized carbons (Fsp3) is 0.167. The topological polar surface area (TPSA) is 93.8 Å². The maximum Gasteiger partial charge on any atom is 0.224 e. The first-order valence-corrected chi connectivity index (χ1v) is 9.80. The van der Waals surface area contributed by atoms with Crippen molar-refractivity contribution in [2.45, 2.75) is 13.0 Å². The molecule has 1 aliphatic carbocycles. The number of methoxy groups -OCH3 is 2. The number of nitrogens with zero attached hydrogens (tertiary/aromatic N) is 1. The molecular weight excluding hydrogens is 415 g/mol. The van der Waals surface area contributed by atoms with Gasteiger partial charge in [0.15, 0.2) is 17.9 Å². The van der Waals surface area contributed by atoms with E-state index in [-0.39, 0.29) is 41.9 Å². The molecule has 2 N–H and O–H groups in total. The number of benzene rings is 2. The monoisotopic (exact) mass is 436 g/mol. The second-order valence-electron chi connectivity index (χ2n) is 7.15. The predicted octanol–water partition coefficient (Wildman–Crippen LogP) is 4.18. The quantitative estimate of drug-likeness (QED) is 0.577. The van der Waals surface area contributed by atoms with E-state index >= 15 is 0 Å². The first kappa shape index (κ1) is 21.2. The Hall–Kier alpha value is -4.07. The average molecular weight is 436 g/mol. The van der Waals surface area contributed by atoms with Crippen LogP contribution in [-0.2, 0) is 11.3 Å². The average Bonchev–Trinajstić information content (AvgIpc) is 3.41. The van der Waals surface area contributed by atoms with Gasteiger partial charge in [-0.1, -0.05) is 6.07 Å². The molecule has 8 heteroatoms. The van der Waals surface area contributed by atoms with Gasteiger partial charge in [0.2, 0.25) is 11.7 Å². The van der Waals surface area contributed by atoms with Crippen molar-refractivity contribution in [2.24, 2.45) is 0 Å². The normalized spacial score (nSPS) is 13.6. The SMILES string of the molecule is COc1cc(/C=C2/C(CC(=O)NCc3cnco3)=Cc3cc(F)ccc32)cc(OC)c1O. The van der Waals surface area contributed by atoms with Crippen LogP contribution in [0.4, 0.5) is 4.39 Å². The minimum atomic E-state index is -0.358. The minimum absolute atomic E-state index is 0.0859. The largest absolute Gasteiger partial charge is 0.502 e. The summed E-state index contributed by atoms with van der Waals surface area (Å²) in [6.07, 6.45) is 6.57. The Balaban J connectivity index is 1.66. The van der Waals surface area contributed by atoms with Crippen LogP contribution in [0.2, 0.25) is 0 Å². The zero-order valence-corrected chi connectivity index (χ0v) is 17.5. The van der Waals surface area contributed by atoms with Gasteiger partial charge in [-0.05, 0) is 64.3 Å². The molecule has 0 aliphatic heterocycles. The van der Waals surface area contributed by atoms with Crippen LogP contribution in [0.25, 0.3) is 17.7 Å². The fourth-order valence-corrected chi connectivity index (χ4v) is 3.57. The standard InChI is InChI=1S/C24H21FN2O5/c1-30-21-6-14(7-22(31-2)24(21)29)5-20-16(8-15-9-17(25)3-4-19(15)20)10-23(28)27-12-18-11-26-13-32-18/h3-9,11,13,29H,10,12H2,1-2H3,(H,27,28)/b20-5-. The molecule has 0 bridgehead atoms. The summed E-state index contributed by atoms with van der Waals surface area (Å²) in [7, 11) is 2.90. The number of allylic oxidation sites excluding steroid dienone is 1. The smallest absolute Gasteiger partial charge is 0.224 e. The van der Waals surface area contributed by atoms with E-state index in [4.69, 9.17) is 13.9 Å². The number of aromatic hydroxyl groups is 1. The van der Waals surface area contributed by atoms with E-state index in [1.54, 1.807) is 24.3 Å². The highest BCUT2D eigenvalue weighted by atomic mass is 19.1. The maximum absolute atomic E-state index is 13.8. The number of aromatic nitrogens is 1. The third-order valence-corrected chi connectivity index (χ3v) is 5.09. The van der Waals surface area contributed by atoms with Crippen molar-refractivity contribution >= 4 is 23.6 Å². The number of carbonyl (C=O) groups is 1. The number of rotatable bonds is 7. The molecule has 0 saturated heterocycles. The number of ether oxygens (including phenoxy) is 2. The highest BCUT2D eigenvalue weighted by Gasteiger charge is 2.22. The van der Waals surface area contributed by atoms with Crippen LogP contribution in [0, 0.1) is 5.82 Å². The number of hydrogen-bond donors (Lipinski definition) is 2. The molecule has 1 heterocycles. The summed E-state index contributed by atoms with van der Waals surface area (Å²) >= 11 is 0. The number of carbonyl (C=O) groups excluding carboxylic acids is 1. The van der Waals surface area contributed by atoms with Gasteiger partial charge in [-0.25, -0.2) is 9.37 Å². The molecule has 0 radical (unpaired) electrons. The summed E-state index contributed by atoms with van der Waals surface area (Å²) in [5.41, 5.74) is 3.68. The number of fused-ring (bicyclic) bond motifs is 1. The van der Waals surface area contributed by atoms with Gasteiger partial charge in [-0.3, -0.25) is 4.79 Å². The molecule has 1 aromatic heterocycles. The molecule has 7 nitrogen and oxygen atoms in total. The molecule has 2 aromatic carbocycles. The highest BCUT2D eigenvalue weighted by Crippen LogP contribution is 2.42. The van der Waals surface area contributed by atoms with Crippen molar-refractivity contribution in [3.63, 3.8) is 0 Å². The Kier molecular flexibility index (Phi) is 5.93. The second kappa shape index (κ2) is 8.97. The summed E-state index contributed by atoms with van der Waals surface area (Å²) in [6.45, 7) is 0.221. The molecular formula is C24H21FN2O5. The van der Waals surface area contributed by atoms with Crippen molar-refractivity contribution in [3.8, 4) is 17.2 Å². The van der Waals surface area contributed by atoms with Crippen LogP contribution in [-0.4, -0.2) is 30.2 Å². The van der Waals surface area contributed by atoms with E-state index in [1.807, 2.05) is 6.08 Å². The molecule has 3 aromatic rings. The van der Waals surface area contributed by atoms with Crippen LogP contribution in [0.1, 0.15) is 28.9 Å². The molecule has 0 atom stereocenters. The summed E-state index contributed by atoms with van der Waals surface area (Å²) < 4.78 is 29.4. The van der Waals surface area contributed by atoms with Gasteiger partial charge in [-0.15, -0.1) is 0 Å². The number of phenolic OH excluding ortho intramolecular Hbond substituents is 1. The Morgan fingerprint density at radius 1 is 1.22 bits per heavy atom. The van der Waals surface area contributed by atoms with Gasteiger partial charge in [0.1, 0.15) is 11.6 Å². The van der Waals surface area contributed by atoms with Crippen LogP contribution >= 0.6 is 0 Å². The van der Waals surface area contributed by atoms with Crippen LogP contribution in [0.5, 0.6) is 17.2 Å². The number of oxazole rings is 1. The number of halogens is 1. The van der Waals surface area contributed by atoms with Gasteiger partial charge in [0.05, 0.1) is 33.4 Å². The lowest BCUT2D eigenvalue weighted by Gasteiger charge is -2.12. The molecule has 0 unspecified atom stereocenters. The number of hydrogen-bond acceptors (Lipinski definition) is 6. The van der Waals surface area contributed by atoms with Crippen LogP contribution < -0.4 is 14.8 Å². The third kappa shape index (κ3) is 4.34. The minimum Gasteiger partial charge on any atom is -0.502 e. The van der Waals surface area contributed by atoms with E-state index in [0.29, 0.717) is 16.9 Å². The van der Waals surface area contributed by atoms with E-state index in [0.717, 1.165) is 16.7 Å². The van der Waals surface area contributed by atoms with Gasteiger partial charge in [0, 0.05) is 0 Å². The molecule has 164 valence electrons. The molecule has 1 amide bonds. The summed E-state index contributed by atoms with van der Waals surface area (Å²) in [4.78, 5) is 16.4. The summed E-state index contributed by atoms with van der Waals surface area (Å²) in [5.74, 6) is 0.375. The highest BCUT2D eigenvalue weighted by molar-refractivity contribution is 6.04. The van der Waals surface area contributed by atoms with E-state index in [2.05, 4.69) is 10.3 Å². The Bertz CT molecular complexity index is 1190. The van der Waals surface area contributed by atoms with Gasteiger partial charge < -0.3 is 24.3 Å². The van der Waals surface area contributed by atoms with Gasteiger partial charge in [-0.2, -0.15) is 0 Å². The summed E-state index contributed by atoms with van der Waals surface area (Å²) in [5, 5.41) is 13.0. The van der Waals surface area contributed by atoms with Crippen molar-refractivity contribution in [3.05, 3.63) is 76.8 Å². The Morgan fingerprint density at radius 3 is 2.62 bits per heavy atom. The lowest BCUT2D eigenvalue weighted by molar-refractivity contribution is -0.120. The molecule has 0 saturated carbocycles. The lowest BCUT2D eigenvalue weighted by Crippen LogP contribution is -2.22. The maximum atomic E-state index is 13.8. The number of amides is 1. The summed E-state index contributed by atoms with van der Waals surface area (Å²) in [6, 6.07) is 7.81. The van der Waals surface area contributed by atoms with E-state index in [9.17, 15) is 14.3 Å². The lowest BCUT2D eigenvalue weighted by atomic mass is 9.97. The van der Waals surface area contributed by atoms with Crippen molar-refractivity contribution in [1.29, 1.82) is 0 Å². The Labute approximate surface area is 183 Å². The zero-order chi connectivity index (χ0) is 22.7. The van der Waals surface area contributed by atoms with E-state index < -0.39 is 0 Å². The third-order valence-electron chi connectivity index (χ3n) is 5.09. The molecule has 0 spiro atoms.